The number of aryl methyl sites for hydroxylation is 2. The molecule has 0 amide bonds. The van der Waals surface area contributed by atoms with E-state index in [-0.39, 0.29) is 0 Å². The van der Waals surface area contributed by atoms with Gasteiger partial charge >= 0.3 is 0 Å². The van der Waals surface area contributed by atoms with E-state index in [9.17, 15) is 0 Å². The van der Waals surface area contributed by atoms with E-state index in [1.807, 2.05) is 12.1 Å². The van der Waals surface area contributed by atoms with Gasteiger partial charge in [0.15, 0.2) is 0 Å². The third kappa shape index (κ3) is 2.10. The van der Waals surface area contributed by atoms with Gasteiger partial charge in [-0.1, -0.05) is 49.4 Å². The van der Waals surface area contributed by atoms with Crippen LogP contribution in [-0.4, -0.2) is 0 Å². The lowest BCUT2D eigenvalue weighted by molar-refractivity contribution is 1.14. The second-order valence-corrected chi connectivity index (χ2v) is 3.78. The van der Waals surface area contributed by atoms with Crippen molar-refractivity contribution in [2.45, 2.75) is 20.3 Å². The highest BCUT2D eigenvalue weighted by Crippen LogP contribution is 2.22. The lowest BCUT2D eigenvalue weighted by Gasteiger charge is -2.05. The zero-order valence-electron chi connectivity index (χ0n) is 9.25. The Hall–Kier alpha value is -1.56. The van der Waals surface area contributed by atoms with Gasteiger partial charge in [0.1, 0.15) is 0 Å². The smallest absolute Gasteiger partial charge is 0.00759 e. The van der Waals surface area contributed by atoms with Crippen molar-refractivity contribution in [3.63, 3.8) is 0 Å². The molecule has 0 unspecified atom stereocenters. The topological polar surface area (TPSA) is 0 Å². The summed E-state index contributed by atoms with van der Waals surface area (Å²) < 4.78 is 0. The Labute approximate surface area is 91.6 Å². The molecular weight excluding hydrogens is 180 g/mol. The van der Waals surface area contributed by atoms with E-state index in [4.69, 9.17) is 0 Å². The van der Waals surface area contributed by atoms with E-state index in [0.29, 0.717) is 0 Å². The molecule has 0 heterocycles. The summed E-state index contributed by atoms with van der Waals surface area (Å²) in [6, 6.07) is 18.1. The van der Waals surface area contributed by atoms with Crippen molar-refractivity contribution in [1.82, 2.24) is 0 Å². The third-order valence-corrected chi connectivity index (χ3v) is 2.72. The van der Waals surface area contributed by atoms with E-state index < -0.39 is 0 Å². The molecule has 0 fully saturated rings. The molecule has 75 valence electrons. The predicted octanol–water partition coefficient (Wildman–Crippen LogP) is 4.02. The monoisotopic (exact) mass is 195 g/mol. The maximum absolute atomic E-state index is 3.29. The standard InChI is InChI=1S/C15H15/c1-3-13-8-10-14(11-9-13)15-7-5-4-6-12(15)2/h4-6,8-11H,3H2,1-2H3. The van der Waals surface area contributed by atoms with Gasteiger partial charge in [0.2, 0.25) is 0 Å². The number of hydrogen-bond donors (Lipinski definition) is 0. The van der Waals surface area contributed by atoms with Gasteiger partial charge in [-0.2, -0.15) is 0 Å². The maximum Gasteiger partial charge on any atom is -0.00759 e. The molecule has 0 saturated heterocycles. The maximum atomic E-state index is 3.29. The largest absolute Gasteiger partial charge is 0.0613 e. The fourth-order valence-corrected chi connectivity index (χ4v) is 1.74. The van der Waals surface area contributed by atoms with E-state index in [1.165, 1.54) is 22.3 Å². The SMILES string of the molecule is CCc1ccc(-c2[c]cccc2C)cc1. The molecule has 2 aromatic carbocycles. The highest BCUT2D eigenvalue weighted by Gasteiger charge is 2.00. The van der Waals surface area contributed by atoms with Crippen LogP contribution in [0.4, 0.5) is 0 Å². The first kappa shape index (κ1) is 9.97. The van der Waals surface area contributed by atoms with Crippen LogP contribution < -0.4 is 0 Å². The summed E-state index contributed by atoms with van der Waals surface area (Å²) >= 11 is 0. The first-order chi connectivity index (χ1) is 7.31. The molecule has 15 heavy (non-hydrogen) atoms. The van der Waals surface area contributed by atoms with Crippen LogP contribution in [0.5, 0.6) is 0 Å². The van der Waals surface area contributed by atoms with Crippen LogP contribution in [0, 0.1) is 13.0 Å². The molecule has 0 nitrogen and oxygen atoms in total. The Kier molecular flexibility index (Phi) is 2.86. The van der Waals surface area contributed by atoms with Gasteiger partial charge in [0.25, 0.3) is 0 Å². The van der Waals surface area contributed by atoms with Crippen molar-refractivity contribution in [1.29, 1.82) is 0 Å². The molecule has 0 aromatic heterocycles. The molecule has 1 radical (unpaired) electrons. The summed E-state index contributed by atoms with van der Waals surface area (Å²) in [5.74, 6) is 0. The van der Waals surface area contributed by atoms with Gasteiger partial charge in [0, 0.05) is 0 Å². The van der Waals surface area contributed by atoms with E-state index in [0.717, 1.165) is 6.42 Å². The molecule has 0 atom stereocenters. The minimum atomic E-state index is 1.10. The quantitative estimate of drug-likeness (QED) is 0.678. The molecule has 0 N–H and O–H groups in total. The molecule has 2 rings (SSSR count). The van der Waals surface area contributed by atoms with Gasteiger partial charge in [-0.05, 0) is 41.7 Å². The highest BCUT2D eigenvalue weighted by atomic mass is 14.0. The van der Waals surface area contributed by atoms with Crippen LogP contribution in [0.3, 0.4) is 0 Å². The van der Waals surface area contributed by atoms with Crippen LogP contribution in [0.15, 0.2) is 42.5 Å². The first-order valence-electron chi connectivity index (χ1n) is 5.38. The summed E-state index contributed by atoms with van der Waals surface area (Å²) in [5.41, 5.74) is 5.12. The Morgan fingerprint density at radius 3 is 2.40 bits per heavy atom. The zero-order valence-corrected chi connectivity index (χ0v) is 9.25. The summed E-state index contributed by atoms with van der Waals surface area (Å²) in [4.78, 5) is 0. The van der Waals surface area contributed by atoms with E-state index >= 15 is 0 Å². The molecule has 0 bridgehead atoms. The van der Waals surface area contributed by atoms with Crippen molar-refractivity contribution < 1.29 is 0 Å². The van der Waals surface area contributed by atoms with Gasteiger partial charge in [-0.15, -0.1) is 0 Å². The number of benzene rings is 2. The molecule has 0 spiro atoms. The second kappa shape index (κ2) is 4.31. The van der Waals surface area contributed by atoms with E-state index in [2.05, 4.69) is 50.2 Å². The van der Waals surface area contributed by atoms with Crippen molar-refractivity contribution in [2.24, 2.45) is 0 Å². The Morgan fingerprint density at radius 1 is 1.07 bits per heavy atom. The van der Waals surface area contributed by atoms with Gasteiger partial charge in [0.05, 0.1) is 0 Å². The number of rotatable bonds is 2. The average molecular weight is 195 g/mol. The minimum absolute atomic E-state index is 1.10. The summed E-state index contributed by atoms with van der Waals surface area (Å²) in [6.07, 6.45) is 1.10. The molecule has 0 saturated carbocycles. The highest BCUT2D eigenvalue weighted by molar-refractivity contribution is 5.66. The van der Waals surface area contributed by atoms with Crippen molar-refractivity contribution in [2.75, 3.05) is 0 Å². The fourth-order valence-electron chi connectivity index (χ4n) is 1.74. The normalized spacial score (nSPS) is 10.3. The predicted molar refractivity (Wildman–Crippen MR) is 64.8 cm³/mol. The lowest BCUT2D eigenvalue weighted by Crippen LogP contribution is -1.84. The number of hydrogen-bond acceptors (Lipinski definition) is 0. The van der Waals surface area contributed by atoms with Gasteiger partial charge in [-0.25, -0.2) is 0 Å². The molecule has 2 aromatic rings. The van der Waals surface area contributed by atoms with E-state index in [1.54, 1.807) is 0 Å². The third-order valence-electron chi connectivity index (χ3n) is 2.72. The second-order valence-electron chi connectivity index (χ2n) is 3.78. The van der Waals surface area contributed by atoms with Crippen molar-refractivity contribution >= 4 is 0 Å². The van der Waals surface area contributed by atoms with Crippen LogP contribution in [0.25, 0.3) is 11.1 Å². The Bertz CT molecular complexity index is 438. The van der Waals surface area contributed by atoms with Crippen molar-refractivity contribution in [3.8, 4) is 11.1 Å². The van der Waals surface area contributed by atoms with Gasteiger partial charge in [-0.3, -0.25) is 0 Å². The zero-order chi connectivity index (χ0) is 10.7. The van der Waals surface area contributed by atoms with Gasteiger partial charge < -0.3 is 0 Å². The minimum Gasteiger partial charge on any atom is -0.0613 e. The molecule has 0 aliphatic rings. The van der Waals surface area contributed by atoms with Crippen LogP contribution in [-0.2, 0) is 6.42 Å². The van der Waals surface area contributed by atoms with Crippen molar-refractivity contribution in [3.05, 3.63) is 59.7 Å². The fraction of sp³-hybridized carbons (Fsp3) is 0.200. The first-order valence-corrected chi connectivity index (χ1v) is 5.38. The van der Waals surface area contributed by atoms with Crippen LogP contribution in [0.2, 0.25) is 0 Å². The molecular formula is C15H15. The summed E-state index contributed by atoms with van der Waals surface area (Å²) in [5, 5.41) is 0. The van der Waals surface area contributed by atoms with Crippen LogP contribution >= 0.6 is 0 Å². The average Bonchev–Trinajstić information content (AvgIpc) is 2.30. The molecule has 0 aliphatic heterocycles. The molecule has 0 aliphatic carbocycles. The van der Waals surface area contributed by atoms with Crippen LogP contribution in [0.1, 0.15) is 18.1 Å². The summed E-state index contributed by atoms with van der Waals surface area (Å²) in [7, 11) is 0. The Balaban J connectivity index is 2.42. The lowest BCUT2D eigenvalue weighted by atomic mass is 9.99. The Morgan fingerprint density at radius 2 is 1.80 bits per heavy atom. The summed E-state index contributed by atoms with van der Waals surface area (Å²) in [6.45, 7) is 4.30. The molecule has 0 heteroatoms.